The largest absolute Gasteiger partial charge is 0.496 e. The van der Waals surface area contributed by atoms with Crippen LogP contribution in [0.2, 0.25) is 5.02 Å². The van der Waals surface area contributed by atoms with Gasteiger partial charge in [0.05, 0.1) is 7.11 Å². The predicted molar refractivity (Wildman–Crippen MR) is 81.8 cm³/mol. The maximum Gasteiger partial charge on any atom is 0.343 e. The van der Waals surface area contributed by atoms with E-state index in [0.717, 1.165) is 12.1 Å². The highest BCUT2D eigenvalue weighted by Gasteiger charge is 2.25. The Morgan fingerprint density at radius 3 is 2.39 bits per heavy atom. The standard InChI is InChI=1S/C16H13ClFNO4/c1-22-13-7-4-10(17)8-12(13)16(21)23-14(15(19)20)9-2-5-11(18)6-3-9/h2-8,14H,1H3,(H2,19,20). The molecule has 0 aliphatic rings. The van der Waals surface area contributed by atoms with Crippen LogP contribution in [0.3, 0.4) is 0 Å². The minimum Gasteiger partial charge on any atom is -0.496 e. The average molecular weight is 338 g/mol. The Hall–Kier alpha value is -2.60. The quantitative estimate of drug-likeness (QED) is 0.851. The van der Waals surface area contributed by atoms with Crippen LogP contribution >= 0.6 is 11.6 Å². The van der Waals surface area contributed by atoms with Crippen LogP contribution in [0.4, 0.5) is 4.39 Å². The van der Waals surface area contributed by atoms with Gasteiger partial charge < -0.3 is 15.2 Å². The number of methoxy groups -OCH3 is 1. The van der Waals surface area contributed by atoms with Gasteiger partial charge in [0.25, 0.3) is 5.91 Å². The number of carbonyl (C=O) groups is 2. The van der Waals surface area contributed by atoms with Crippen molar-refractivity contribution in [2.75, 3.05) is 7.11 Å². The number of hydrogen-bond acceptors (Lipinski definition) is 4. The molecule has 0 saturated carbocycles. The molecule has 0 fully saturated rings. The van der Waals surface area contributed by atoms with Crippen molar-refractivity contribution in [1.29, 1.82) is 0 Å². The van der Waals surface area contributed by atoms with Crippen LogP contribution in [0.5, 0.6) is 5.75 Å². The first-order valence-electron chi connectivity index (χ1n) is 6.51. The molecule has 120 valence electrons. The zero-order valence-corrected chi connectivity index (χ0v) is 12.8. The number of esters is 1. The van der Waals surface area contributed by atoms with Crippen molar-refractivity contribution in [3.63, 3.8) is 0 Å². The lowest BCUT2D eigenvalue weighted by atomic mass is 10.1. The molecule has 5 nitrogen and oxygen atoms in total. The Balaban J connectivity index is 2.30. The van der Waals surface area contributed by atoms with Gasteiger partial charge in [-0.25, -0.2) is 9.18 Å². The second-order valence-corrected chi connectivity index (χ2v) is 5.02. The number of hydrogen-bond donors (Lipinski definition) is 1. The summed E-state index contributed by atoms with van der Waals surface area (Å²) >= 11 is 5.85. The number of nitrogens with two attached hydrogens (primary N) is 1. The Morgan fingerprint density at radius 1 is 1.17 bits per heavy atom. The zero-order chi connectivity index (χ0) is 17.0. The monoisotopic (exact) mass is 337 g/mol. The van der Waals surface area contributed by atoms with Crippen molar-refractivity contribution in [3.8, 4) is 5.75 Å². The van der Waals surface area contributed by atoms with Gasteiger partial charge in [0.1, 0.15) is 17.1 Å². The van der Waals surface area contributed by atoms with E-state index in [9.17, 15) is 14.0 Å². The van der Waals surface area contributed by atoms with Gasteiger partial charge in [-0.2, -0.15) is 0 Å². The number of halogens is 2. The van der Waals surface area contributed by atoms with E-state index in [1.54, 1.807) is 6.07 Å². The molecule has 1 amide bonds. The summed E-state index contributed by atoms with van der Waals surface area (Å²) in [6, 6.07) is 9.29. The molecule has 0 spiro atoms. The highest BCUT2D eigenvalue weighted by atomic mass is 35.5. The molecular weight excluding hydrogens is 325 g/mol. The number of amides is 1. The molecule has 0 aromatic heterocycles. The summed E-state index contributed by atoms with van der Waals surface area (Å²) in [4.78, 5) is 23.9. The van der Waals surface area contributed by atoms with Crippen LogP contribution < -0.4 is 10.5 Å². The zero-order valence-electron chi connectivity index (χ0n) is 12.1. The maximum absolute atomic E-state index is 13.0. The summed E-state index contributed by atoms with van der Waals surface area (Å²) in [6.45, 7) is 0. The molecule has 2 aromatic carbocycles. The van der Waals surface area contributed by atoms with E-state index in [1.165, 1.54) is 31.4 Å². The van der Waals surface area contributed by atoms with Gasteiger partial charge in [-0.3, -0.25) is 4.79 Å². The van der Waals surface area contributed by atoms with Crippen molar-refractivity contribution in [2.45, 2.75) is 6.10 Å². The fourth-order valence-electron chi connectivity index (χ4n) is 1.94. The highest BCUT2D eigenvalue weighted by molar-refractivity contribution is 6.31. The third-order valence-corrected chi connectivity index (χ3v) is 3.27. The van der Waals surface area contributed by atoms with E-state index < -0.39 is 23.8 Å². The Labute approximate surface area is 136 Å². The summed E-state index contributed by atoms with van der Waals surface area (Å²) in [5, 5.41) is 0.301. The van der Waals surface area contributed by atoms with Crippen molar-refractivity contribution in [3.05, 3.63) is 64.4 Å². The highest BCUT2D eigenvalue weighted by Crippen LogP contribution is 2.26. The number of primary amides is 1. The van der Waals surface area contributed by atoms with E-state index >= 15 is 0 Å². The molecule has 2 N–H and O–H groups in total. The maximum atomic E-state index is 13.0. The molecule has 1 atom stereocenters. The molecule has 23 heavy (non-hydrogen) atoms. The second-order valence-electron chi connectivity index (χ2n) is 4.58. The fraction of sp³-hybridized carbons (Fsp3) is 0.125. The van der Waals surface area contributed by atoms with E-state index in [2.05, 4.69) is 0 Å². The lowest BCUT2D eigenvalue weighted by Crippen LogP contribution is -2.26. The predicted octanol–water partition coefficient (Wildman–Crippen LogP) is 2.87. The van der Waals surface area contributed by atoms with Gasteiger partial charge in [0, 0.05) is 10.6 Å². The first-order chi connectivity index (χ1) is 10.9. The number of carbonyl (C=O) groups excluding carboxylic acids is 2. The van der Waals surface area contributed by atoms with Gasteiger partial charge in [-0.15, -0.1) is 0 Å². The number of benzene rings is 2. The molecule has 0 heterocycles. The topological polar surface area (TPSA) is 78.6 Å². The summed E-state index contributed by atoms with van der Waals surface area (Å²) in [6.07, 6.45) is -1.35. The third kappa shape index (κ3) is 3.98. The summed E-state index contributed by atoms with van der Waals surface area (Å²) in [5.41, 5.74) is 5.57. The van der Waals surface area contributed by atoms with Crippen LogP contribution in [0.1, 0.15) is 22.0 Å². The molecule has 0 radical (unpaired) electrons. The first-order valence-corrected chi connectivity index (χ1v) is 6.89. The molecule has 0 bridgehead atoms. The lowest BCUT2D eigenvalue weighted by Gasteiger charge is -2.16. The Bertz CT molecular complexity index is 733. The van der Waals surface area contributed by atoms with E-state index in [-0.39, 0.29) is 16.9 Å². The summed E-state index contributed by atoms with van der Waals surface area (Å²) in [7, 11) is 1.38. The molecule has 7 heteroatoms. The smallest absolute Gasteiger partial charge is 0.343 e. The van der Waals surface area contributed by atoms with Crippen LogP contribution in [0, 0.1) is 5.82 Å². The van der Waals surface area contributed by atoms with Gasteiger partial charge in [-0.05, 0) is 30.3 Å². The summed E-state index contributed by atoms with van der Waals surface area (Å²) in [5.74, 6) is -1.97. The number of ether oxygens (including phenoxy) is 2. The average Bonchev–Trinajstić information content (AvgIpc) is 2.53. The summed E-state index contributed by atoms with van der Waals surface area (Å²) < 4.78 is 23.2. The van der Waals surface area contributed by atoms with Crippen molar-refractivity contribution in [1.82, 2.24) is 0 Å². The van der Waals surface area contributed by atoms with E-state index in [1.807, 2.05) is 0 Å². The van der Waals surface area contributed by atoms with Gasteiger partial charge in [0.2, 0.25) is 6.10 Å². The van der Waals surface area contributed by atoms with Gasteiger partial charge >= 0.3 is 5.97 Å². The first kappa shape index (κ1) is 16.8. The fourth-order valence-corrected chi connectivity index (χ4v) is 2.11. The molecule has 0 aliphatic heterocycles. The SMILES string of the molecule is COc1ccc(Cl)cc1C(=O)OC(C(N)=O)c1ccc(F)cc1. The normalized spacial score (nSPS) is 11.6. The molecule has 2 rings (SSSR count). The van der Waals surface area contributed by atoms with Crippen molar-refractivity contribution in [2.24, 2.45) is 5.73 Å². The van der Waals surface area contributed by atoms with Crippen LogP contribution in [0.15, 0.2) is 42.5 Å². The minimum absolute atomic E-state index is 0.0494. The molecular formula is C16H13ClFNO4. The molecule has 0 aliphatic carbocycles. The van der Waals surface area contributed by atoms with Crippen LogP contribution in [-0.4, -0.2) is 19.0 Å². The van der Waals surface area contributed by atoms with Gasteiger partial charge in [-0.1, -0.05) is 23.7 Å². The van der Waals surface area contributed by atoms with Crippen molar-refractivity contribution < 1.29 is 23.5 Å². The lowest BCUT2D eigenvalue weighted by molar-refractivity contribution is -0.127. The molecule has 0 saturated heterocycles. The van der Waals surface area contributed by atoms with Crippen LogP contribution in [-0.2, 0) is 9.53 Å². The van der Waals surface area contributed by atoms with E-state index in [0.29, 0.717) is 5.02 Å². The van der Waals surface area contributed by atoms with Gasteiger partial charge in [0.15, 0.2) is 0 Å². The van der Waals surface area contributed by atoms with Crippen molar-refractivity contribution >= 4 is 23.5 Å². The third-order valence-electron chi connectivity index (χ3n) is 3.04. The molecule has 1 unspecified atom stereocenters. The minimum atomic E-state index is -1.35. The number of rotatable bonds is 5. The second kappa shape index (κ2) is 7.11. The Morgan fingerprint density at radius 2 is 1.83 bits per heavy atom. The van der Waals surface area contributed by atoms with E-state index in [4.69, 9.17) is 26.8 Å². The Kier molecular flexibility index (Phi) is 5.18. The van der Waals surface area contributed by atoms with Crippen LogP contribution in [0.25, 0.3) is 0 Å². The molecule has 2 aromatic rings.